The van der Waals surface area contributed by atoms with Crippen molar-refractivity contribution in [2.45, 2.75) is 85.1 Å². The quantitative estimate of drug-likeness (QED) is 0.279. The van der Waals surface area contributed by atoms with E-state index in [2.05, 4.69) is 33.9 Å². The van der Waals surface area contributed by atoms with Gasteiger partial charge in [0.15, 0.2) is 11.9 Å². The average molecular weight is 493 g/mol. The molecule has 1 aliphatic heterocycles. The van der Waals surface area contributed by atoms with Crippen LogP contribution in [0.1, 0.15) is 54.0 Å². The van der Waals surface area contributed by atoms with Gasteiger partial charge in [-0.3, -0.25) is 4.79 Å². The van der Waals surface area contributed by atoms with Crippen molar-refractivity contribution in [3.8, 4) is 11.5 Å². The SMILES string of the molecule is COc1cc(/C=C/C(=O)O[C@H]2OC(C)[C@H](C)[C@H](C)C2OC(C)=O)ccc1O[Si](C)(C)C(C)(C)C. The van der Waals surface area contributed by atoms with Gasteiger partial charge in [-0.15, -0.1) is 0 Å². The molecule has 1 aromatic rings. The molecule has 1 fully saturated rings. The second kappa shape index (κ2) is 10.9. The zero-order valence-electron chi connectivity index (χ0n) is 22.1. The summed E-state index contributed by atoms with van der Waals surface area (Å²) >= 11 is 0. The second-order valence-corrected chi connectivity index (χ2v) is 15.3. The van der Waals surface area contributed by atoms with Gasteiger partial charge in [-0.2, -0.15) is 0 Å². The van der Waals surface area contributed by atoms with E-state index in [1.807, 2.05) is 39.0 Å². The van der Waals surface area contributed by atoms with Gasteiger partial charge in [-0.05, 0) is 54.7 Å². The summed E-state index contributed by atoms with van der Waals surface area (Å²) in [6.45, 7) is 18.1. The third kappa shape index (κ3) is 6.85. The molecule has 0 N–H and O–H groups in total. The highest BCUT2D eigenvalue weighted by atomic mass is 28.4. The maximum Gasteiger partial charge on any atom is 0.333 e. The van der Waals surface area contributed by atoms with E-state index in [0.717, 1.165) is 5.56 Å². The number of carbonyl (C=O) groups excluding carboxylic acids is 2. The Morgan fingerprint density at radius 3 is 2.24 bits per heavy atom. The Labute approximate surface area is 204 Å². The number of hydrogen-bond donors (Lipinski definition) is 0. The van der Waals surface area contributed by atoms with E-state index >= 15 is 0 Å². The first-order chi connectivity index (χ1) is 15.7. The molecule has 2 rings (SSSR count). The molecule has 7 nitrogen and oxygen atoms in total. The standard InChI is InChI=1S/C26H40O7Si/c1-16-17(2)24(31-19(4)27)25(30-18(16)3)32-23(28)14-12-20-11-13-21(22(15-20)29-8)33-34(9,10)26(5,6)7/h11-18,24-25H,1-10H3/b14-12+/t16-,17+,18?,24?,25-/m1/s1. The number of esters is 2. The summed E-state index contributed by atoms with van der Waals surface area (Å²) in [5, 5.41) is 0.0539. The molecular weight excluding hydrogens is 452 g/mol. The van der Waals surface area contributed by atoms with Crippen LogP contribution in [0, 0.1) is 11.8 Å². The zero-order chi connectivity index (χ0) is 25.8. The van der Waals surface area contributed by atoms with E-state index in [1.54, 1.807) is 13.2 Å². The van der Waals surface area contributed by atoms with Crippen LogP contribution in [0.2, 0.25) is 18.1 Å². The highest BCUT2D eigenvalue weighted by molar-refractivity contribution is 6.74. The predicted molar refractivity (Wildman–Crippen MR) is 134 cm³/mol. The summed E-state index contributed by atoms with van der Waals surface area (Å²) in [5.41, 5.74) is 0.757. The number of benzene rings is 1. The molecule has 8 heteroatoms. The lowest BCUT2D eigenvalue weighted by molar-refractivity contribution is -0.261. The van der Waals surface area contributed by atoms with Crippen LogP contribution in [0.4, 0.5) is 0 Å². The minimum atomic E-state index is -2.03. The normalized spacial score (nSPS) is 25.6. The van der Waals surface area contributed by atoms with Gasteiger partial charge in [0.25, 0.3) is 8.32 Å². The second-order valence-electron chi connectivity index (χ2n) is 10.5. The zero-order valence-corrected chi connectivity index (χ0v) is 23.1. The van der Waals surface area contributed by atoms with Crippen molar-refractivity contribution in [2.75, 3.05) is 7.11 Å². The van der Waals surface area contributed by atoms with Crippen LogP contribution >= 0.6 is 0 Å². The van der Waals surface area contributed by atoms with Gasteiger partial charge in [0.05, 0.1) is 13.2 Å². The summed E-state index contributed by atoms with van der Waals surface area (Å²) in [6.07, 6.45) is 1.21. The Morgan fingerprint density at radius 2 is 1.68 bits per heavy atom. The molecule has 1 aromatic carbocycles. The molecule has 1 saturated heterocycles. The van der Waals surface area contributed by atoms with E-state index in [-0.39, 0.29) is 23.0 Å². The van der Waals surface area contributed by atoms with Crippen LogP contribution in [0.5, 0.6) is 11.5 Å². The molecule has 0 saturated carbocycles. The van der Waals surface area contributed by atoms with Crippen molar-refractivity contribution >= 4 is 26.3 Å². The third-order valence-corrected chi connectivity index (χ3v) is 11.4. The predicted octanol–water partition coefficient (Wildman–Crippen LogP) is 5.58. The minimum absolute atomic E-state index is 0.0212. The van der Waals surface area contributed by atoms with Crippen LogP contribution in [0.3, 0.4) is 0 Å². The van der Waals surface area contributed by atoms with Gasteiger partial charge in [0.2, 0.25) is 6.29 Å². The summed E-state index contributed by atoms with van der Waals surface area (Å²) in [4.78, 5) is 24.1. The van der Waals surface area contributed by atoms with Gasteiger partial charge >= 0.3 is 11.9 Å². The molecule has 1 aliphatic rings. The Morgan fingerprint density at radius 1 is 1.03 bits per heavy atom. The lowest BCUT2D eigenvalue weighted by Crippen LogP contribution is -2.51. The van der Waals surface area contributed by atoms with Gasteiger partial charge < -0.3 is 23.4 Å². The number of carbonyl (C=O) groups is 2. The molecule has 34 heavy (non-hydrogen) atoms. The fourth-order valence-corrected chi connectivity index (χ4v) is 4.48. The van der Waals surface area contributed by atoms with Crippen LogP contribution < -0.4 is 9.16 Å². The van der Waals surface area contributed by atoms with Gasteiger partial charge in [0, 0.05) is 18.9 Å². The lowest BCUT2D eigenvalue weighted by atomic mass is 9.84. The van der Waals surface area contributed by atoms with E-state index < -0.39 is 32.6 Å². The fourth-order valence-electron chi connectivity index (χ4n) is 3.45. The Bertz CT molecular complexity index is 903. The first-order valence-electron chi connectivity index (χ1n) is 11.7. The molecular formula is C26H40O7Si. The maximum atomic E-state index is 12.6. The van der Waals surface area contributed by atoms with Crippen LogP contribution in [-0.4, -0.2) is 45.9 Å². The van der Waals surface area contributed by atoms with E-state index in [1.165, 1.54) is 13.0 Å². The molecule has 0 amide bonds. The van der Waals surface area contributed by atoms with Gasteiger partial charge in [-0.1, -0.05) is 40.7 Å². The first kappa shape index (κ1) is 27.9. The molecule has 0 aliphatic carbocycles. The van der Waals surface area contributed by atoms with Gasteiger partial charge in [0.1, 0.15) is 5.75 Å². The smallest absolute Gasteiger partial charge is 0.333 e. The molecule has 0 spiro atoms. The lowest BCUT2D eigenvalue weighted by Gasteiger charge is -2.42. The fraction of sp³-hybridized carbons (Fsp3) is 0.615. The Balaban J connectivity index is 2.13. The van der Waals surface area contributed by atoms with Crippen molar-refractivity contribution in [1.82, 2.24) is 0 Å². The van der Waals surface area contributed by atoms with Crippen molar-refractivity contribution < 1.29 is 33.0 Å². The molecule has 2 unspecified atom stereocenters. The first-order valence-corrected chi connectivity index (χ1v) is 14.7. The number of hydrogen-bond acceptors (Lipinski definition) is 7. The molecule has 0 bridgehead atoms. The van der Waals surface area contributed by atoms with Crippen molar-refractivity contribution in [1.29, 1.82) is 0 Å². The van der Waals surface area contributed by atoms with E-state index in [9.17, 15) is 9.59 Å². The average Bonchev–Trinajstić information content (AvgIpc) is 2.73. The Kier molecular flexibility index (Phi) is 8.99. The molecule has 190 valence electrons. The van der Waals surface area contributed by atoms with Crippen LogP contribution in [0.15, 0.2) is 24.3 Å². The monoisotopic (exact) mass is 492 g/mol. The highest BCUT2D eigenvalue weighted by Crippen LogP contribution is 2.40. The highest BCUT2D eigenvalue weighted by Gasteiger charge is 2.44. The van der Waals surface area contributed by atoms with Gasteiger partial charge in [-0.25, -0.2) is 4.79 Å². The van der Waals surface area contributed by atoms with Crippen molar-refractivity contribution in [3.63, 3.8) is 0 Å². The minimum Gasteiger partial charge on any atom is -0.541 e. The largest absolute Gasteiger partial charge is 0.541 e. The molecule has 0 aromatic heterocycles. The number of ether oxygens (including phenoxy) is 4. The van der Waals surface area contributed by atoms with Crippen LogP contribution in [-0.2, 0) is 23.8 Å². The summed E-state index contributed by atoms with van der Waals surface area (Å²) in [6, 6.07) is 5.53. The van der Waals surface area contributed by atoms with E-state index in [0.29, 0.717) is 11.5 Å². The van der Waals surface area contributed by atoms with Crippen LogP contribution in [0.25, 0.3) is 6.08 Å². The summed E-state index contributed by atoms with van der Waals surface area (Å²) in [7, 11) is -0.437. The van der Waals surface area contributed by atoms with Crippen molar-refractivity contribution in [2.24, 2.45) is 11.8 Å². The summed E-state index contributed by atoms with van der Waals surface area (Å²) in [5.74, 6) is 0.386. The number of rotatable bonds is 7. The molecule has 1 heterocycles. The Hall–Kier alpha value is -2.32. The third-order valence-electron chi connectivity index (χ3n) is 7.01. The van der Waals surface area contributed by atoms with Crippen molar-refractivity contribution in [3.05, 3.63) is 29.8 Å². The molecule has 5 atom stereocenters. The summed E-state index contributed by atoms with van der Waals surface area (Å²) < 4.78 is 28.7. The topological polar surface area (TPSA) is 80.3 Å². The van der Waals surface area contributed by atoms with E-state index in [4.69, 9.17) is 23.4 Å². The maximum absolute atomic E-state index is 12.6. The number of methoxy groups -OCH3 is 1. The molecule has 0 radical (unpaired) electrons.